The van der Waals surface area contributed by atoms with E-state index in [1.54, 1.807) is 0 Å². The van der Waals surface area contributed by atoms with Crippen LogP contribution in [-0.2, 0) is 0 Å². The quantitative estimate of drug-likeness (QED) is 0.761. The first-order chi connectivity index (χ1) is 11.6. The number of hydrazone groups is 1. The molecule has 24 heavy (non-hydrogen) atoms. The van der Waals surface area contributed by atoms with Crippen LogP contribution in [0.1, 0.15) is 43.9 Å². The van der Waals surface area contributed by atoms with Gasteiger partial charge in [-0.25, -0.2) is 0 Å². The molecule has 0 saturated carbocycles. The fourth-order valence-corrected chi connectivity index (χ4v) is 3.61. The lowest BCUT2D eigenvalue weighted by molar-refractivity contribution is -0.0291. The number of rotatable bonds is 3. The van der Waals surface area contributed by atoms with Crippen LogP contribution in [0.2, 0.25) is 5.02 Å². The summed E-state index contributed by atoms with van der Waals surface area (Å²) in [6.45, 7) is 4.44. The summed E-state index contributed by atoms with van der Waals surface area (Å²) in [7, 11) is 0. The molecule has 4 heteroatoms. The molecule has 0 saturated heterocycles. The van der Waals surface area contributed by atoms with Gasteiger partial charge in [0.05, 0.1) is 11.8 Å². The van der Waals surface area contributed by atoms with Gasteiger partial charge in [-0.1, -0.05) is 55.8 Å². The van der Waals surface area contributed by atoms with E-state index < -0.39 is 0 Å². The van der Waals surface area contributed by atoms with Crippen molar-refractivity contribution in [1.29, 1.82) is 0 Å². The van der Waals surface area contributed by atoms with Gasteiger partial charge in [-0.2, -0.15) is 5.10 Å². The molecule has 2 atom stereocenters. The highest BCUT2D eigenvalue weighted by molar-refractivity contribution is 6.30. The van der Waals surface area contributed by atoms with E-state index in [0.29, 0.717) is 5.92 Å². The number of halogens is 1. The van der Waals surface area contributed by atoms with Crippen LogP contribution in [0.25, 0.3) is 0 Å². The van der Waals surface area contributed by atoms with E-state index in [9.17, 15) is 0 Å². The van der Waals surface area contributed by atoms with Crippen molar-refractivity contribution in [2.24, 2.45) is 11.0 Å². The van der Waals surface area contributed by atoms with E-state index in [1.807, 2.05) is 30.3 Å². The Kier molecular flexibility index (Phi) is 3.97. The SMILES string of the molecule is CC(C)C[C@H]1Oc2ccccc2[C@H]2CC(c3ccc(Cl)cc3)=NN21. The third-order valence-electron chi connectivity index (χ3n) is 4.63. The molecular weight excluding hydrogens is 320 g/mol. The van der Waals surface area contributed by atoms with E-state index >= 15 is 0 Å². The third-order valence-corrected chi connectivity index (χ3v) is 4.88. The Labute approximate surface area is 147 Å². The summed E-state index contributed by atoms with van der Waals surface area (Å²) < 4.78 is 6.26. The number of nitrogens with zero attached hydrogens (tertiary/aromatic N) is 2. The fraction of sp³-hybridized carbons (Fsp3) is 0.350. The highest BCUT2D eigenvalue weighted by Gasteiger charge is 2.40. The zero-order valence-corrected chi connectivity index (χ0v) is 14.7. The molecule has 2 aromatic carbocycles. The molecule has 0 amide bonds. The molecule has 3 nitrogen and oxygen atoms in total. The van der Waals surface area contributed by atoms with E-state index in [2.05, 4.69) is 37.1 Å². The molecule has 124 valence electrons. The van der Waals surface area contributed by atoms with Gasteiger partial charge < -0.3 is 4.74 Å². The van der Waals surface area contributed by atoms with E-state index in [-0.39, 0.29) is 12.3 Å². The smallest absolute Gasteiger partial charge is 0.188 e. The Morgan fingerprint density at radius 3 is 2.67 bits per heavy atom. The van der Waals surface area contributed by atoms with Gasteiger partial charge in [-0.15, -0.1) is 0 Å². The summed E-state index contributed by atoms with van der Waals surface area (Å²) in [6.07, 6.45) is 1.86. The van der Waals surface area contributed by atoms with Crippen LogP contribution in [0.4, 0.5) is 0 Å². The fourth-order valence-electron chi connectivity index (χ4n) is 3.49. The summed E-state index contributed by atoms with van der Waals surface area (Å²) in [5.74, 6) is 1.55. The van der Waals surface area contributed by atoms with Crippen molar-refractivity contribution in [1.82, 2.24) is 5.01 Å². The molecule has 2 heterocycles. The lowest BCUT2D eigenvalue weighted by atomic mass is 9.96. The van der Waals surface area contributed by atoms with Crippen LogP contribution >= 0.6 is 11.6 Å². The maximum atomic E-state index is 6.26. The molecule has 0 N–H and O–H groups in total. The second-order valence-corrected chi connectivity index (χ2v) is 7.33. The third kappa shape index (κ3) is 2.78. The average molecular weight is 341 g/mol. The topological polar surface area (TPSA) is 24.8 Å². The van der Waals surface area contributed by atoms with Crippen molar-refractivity contribution in [2.45, 2.75) is 39.0 Å². The van der Waals surface area contributed by atoms with E-state index in [4.69, 9.17) is 21.4 Å². The molecule has 0 aliphatic carbocycles. The molecule has 0 radical (unpaired) electrons. The molecule has 2 aliphatic heterocycles. The monoisotopic (exact) mass is 340 g/mol. The largest absolute Gasteiger partial charge is 0.469 e. The molecule has 4 rings (SSSR count). The first kappa shape index (κ1) is 15.5. The first-order valence-electron chi connectivity index (χ1n) is 8.49. The van der Waals surface area contributed by atoms with Crippen LogP contribution in [0.3, 0.4) is 0 Å². The molecular formula is C20H21ClN2O. The van der Waals surface area contributed by atoms with Crippen molar-refractivity contribution < 1.29 is 4.74 Å². The van der Waals surface area contributed by atoms with Gasteiger partial charge in [0.25, 0.3) is 0 Å². The van der Waals surface area contributed by atoms with Gasteiger partial charge >= 0.3 is 0 Å². The summed E-state index contributed by atoms with van der Waals surface area (Å²) in [5.41, 5.74) is 3.46. The lowest BCUT2D eigenvalue weighted by Gasteiger charge is -2.38. The van der Waals surface area contributed by atoms with Gasteiger partial charge in [0.1, 0.15) is 5.75 Å². The van der Waals surface area contributed by atoms with Crippen molar-refractivity contribution in [3.8, 4) is 5.75 Å². The van der Waals surface area contributed by atoms with E-state index in [1.165, 1.54) is 5.56 Å². The van der Waals surface area contributed by atoms with Gasteiger partial charge in [0.2, 0.25) is 0 Å². The Hall–Kier alpha value is -2.00. The predicted molar refractivity (Wildman–Crippen MR) is 97.5 cm³/mol. The maximum Gasteiger partial charge on any atom is 0.188 e. The minimum absolute atomic E-state index is 0.00491. The van der Waals surface area contributed by atoms with Crippen LogP contribution in [0.15, 0.2) is 53.6 Å². The molecule has 0 fully saturated rings. The first-order valence-corrected chi connectivity index (χ1v) is 8.87. The number of benzene rings is 2. The lowest BCUT2D eigenvalue weighted by Crippen LogP contribution is -2.41. The van der Waals surface area contributed by atoms with Crippen molar-refractivity contribution >= 4 is 17.3 Å². The summed E-state index contributed by atoms with van der Waals surface area (Å²) in [5, 5.41) is 7.84. The Bertz CT molecular complexity index is 769. The summed E-state index contributed by atoms with van der Waals surface area (Å²) >= 11 is 6.02. The summed E-state index contributed by atoms with van der Waals surface area (Å²) in [6, 6.07) is 16.5. The van der Waals surface area contributed by atoms with Gasteiger partial charge in [0.15, 0.2) is 6.23 Å². The molecule has 0 bridgehead atoms. The van der Waals surface area contributed by atoms with Crippen molar-refractivity contribution in [3.63, 3.8) is 0 Å². The maximum absolute atomic E-state index is 6.26. The number of para-hydroxylation sites is 1. The minimum Gasteiger partial charge on any atom is -0.469 e. The van der Waals surface area contributed by atoms with Gasteiger partial charge in [-0.05, 0) is 29.7 Å². The Morgan fingerprint density at radius 2 is 1.92 bits per heavy atom. The van der Waals surface area contributed by atoms with E-state index in [0.717, 1.165) is 34.9 Å². The standard InChI is InChI=1S/C20H21ClN2O/c1-13(2)11-20-23-18(16-5-3-4-6-19(16)24-20)12-17(22-23)14-7-9-15(21)10-8-14/h3-10,13,18,20H,11-12H2,1-2H3/t18-,20-/m1/s1. The predicted octanol–water partition coefficient (Wildman–Crippen LogP) is 5.26. The van der Waals surface area contributed by atoms with Gasteiger partial charge in [0, 0.05) is 23.4 Å². The zero-order chi connectivity index (χ0) is 16.7. The number of fused-ring (bicyclic) bond motifs is 3. The number of hydrogen-bond donors (Lipinski definition) is 0. The Balaban J connectivity index is 1.70. The van der Waals surface area contributed by atoms with Crippen LogP contribution in [0, 0.1) is 5.92 Å². The highest BCUT2D eigenvalue weighted by atomic mass is 35.5. The van der Waals surface area contributed by atoms with Crippen LogP contribution < -0.4 is 4.74 Å². The average Bonchev–Trinajstić information content (AvgIpc) is 3.01. The van der Waals surface area contributed by atoms with Crippen LogP contribution in [-0.4, -0.2) is 16.9 Å². The molecule has 0 unspecified atom stereocenters. The molecule has 2 aliphatic rings. The second kappa shape index (κ2) is 6.14. The summed E-state index contributed by atoms with van der Waals surface area (Å²) in [4.78, 5) is 0. The van der Waals surface area contributed by atoms with Crippen LogP contribution in [0.5, 0.6) is 5.75 Å². The highest BCUT2D eigenvalue weighted by Crippen LogP contribution is 2.43. The minimum atomic E-state index is -0.00491. The normalized spacial score (nSPS) is 22.0. The van der Waals surface area contributed by atoms with Crippen molar-refractivity contribution in [3.05, 3.63) is 64.7 Å². The molecule has 2 aromatic rings. The zero-order valence-electron chi connectivity index (χ0n) is 13.9. The Morgan fingerprint density at radius 1 is 1.17 bits per heavy atom. The molecule has 0 spiro atoms. The molecule has 0 aromatic heterocycles. The number of hydrogen-bond acceptors (Lipinski definition) is 3. The van der Waals surface area contributed by atoms with Gasteiger partial charge in [-0.3, -0.25) is 5.01 Å². The second-order valence-electron chi connectivity index (χ2n) is 6.89. The number of ether oxygens (including phenoxy) is 1. The van der Waals surface area contributed by atoms with Crippen molar-refractivity contribution in [2.75, 3.05) is 0 Å².